The van der Waals surface area contributed by atoms with Gasteiger partial charge in [-0.3, -0.25) is 9.69 Å². The molecule has 4 heteroatoms. The van der Waals surface area contributed by atoms with E-state index in [0.717, 1.165) is 44.1 Å². The number of rotatable bonds is 4. The molecule has 0 spiro atoms. The van der Waals surface area contributed by atoms with E-state index >= 15 is 0 Å². The summed E-state index contributed by atoms with van der Waals surface area (Å²) in [5.74, 6) is 0.948. The minimum atomic E-state index is 0.0967. The smallest absolute Gasteiger partial charge is 0.272 e. The first-order valence-corrected chi connectivity index (χ1v) is 8.74. The lowest BCUT2D eigenvalue weighted by Crippen LogP contribution is -2.45. The maximum absolute atomic E-state index is 12.3. The number of pyridine rings is 1. The van der Waals surface area contributed by atoms with Gasteiger partial charge in [0.2, 0.25) is 0 Å². The summed E-state index contributed by atoms with van der Waals surface area (Å²) >= 11 is 0. The van der Waals surface area contributed by atoms with Gasteiger partial charge in [0.25, 0.3) is 5.91 Å². The van der Waals surface area contributed by atoms with Gasteiger partial charge in [0.05, 0.1) is 5.69 Å². The highest BCUT2D eigenvalue weighted by Gasteiger charge is 2.25. The van der Waals surface area contributed by atoms with E-state index in [1.165, 1.54) is 19.5 Å². The van der Waals surface area contributed by atoms with Gasteiger partial charge < -0.3 is 4.90 Å². The van der Waals surface area contributed by atoms with Crippen molar-refractivity contribution in [1.29, 1.82) is 0 Å². The van der Waals surface area contributed by atoms with Crippen molar-refractivity contribution in [3.63, 3.8) is 0 Å². The lowest BCUT2D eigenvalue weighted by molar-refractivity contribution is 0.0781. The van der Waals surface area contributed by atoms with Crippen LogP contribution in [0.2, 0.25) is 0 Å². The van der Waals surface area contributed by atoms with Crippen LogP contribution >= 0.6 is 0 Å². The van der Waals surface area contributed by atoms with E-state index in [2.05, 4.69) is 16.8 Å². The van der Waals surface area contributed by atoms with Crippen LogP contribution in [0, 0.1) is 5.92 Å². The summed E-state index contributed by atoms with van der Waals surface area (Å²) in [4.78, 5) is 21.2. The van der Waals surface area contributed by atoms with Crippen molar-refractivity contribution in [2.24, 2.45) is 5.92 Å². The lowest BCUT2D eigenvalue weighted by atomic mass is 9.97. The van der Waals surface area contributed by atoms with Crippen molar-refractivity contribution in [1.82, 2.24) is 14.8 Å². The Morgan fingerprint density at radius 2 is 1.91 bits per heavy atom. The van der Waals surface area contributed by atoms with Crippen molar-refractivity contribution in [2.45, 2.75) is 46.6 Å². The molecule has 1 aromatic rings. The molecule has 2 fully saturated rings. The van der Waals surface area contributed by atoms with Crippen LogP contribution in [-0.4, -0.2) is 46.9 Å². The van der Waals surface area contributed by atoms with Gasteiger partial charge in [-0.15, -0.1) is 0 Å². The Kier molecular flexibility index (Phi) is 6.37. The molecule has 0 unspecified atom stereocenters. The second-order valence-corrected chi connectivity index (χ2v) is 5.98. The van der Waals surface area contributed by atoms with Crippen LogP contribution in [0.4, 0.5) is 0 Å². The molecule has 0 saturated carbocycles. The monoisotopic (exact) mass is 303 g/mol. The van der Waals surface area contributed by atoms with Gasteiger partial charge in [0, 0.05) is 32.7 Å². The fourth-order valence-corrected chi connectivity index (χ4v) is 3.06. The Morgan fingerprint density at radius 1 is 1.23 bits per heavy atom. The van der Waals surface area contributed by atoms with Crippen LogP contribution in [-0.2, 0) is 6.54 Å². The third-order valence-corrected chi connectivity index (χ3v) is 4.41. The van der Waals surface area contributed by atoms with Crippen LogP contribution in [0.1, 0.15) is 56.2 Å². The molecule has 0 aliphatic carbocycles. The average molecular weight is 303 g/mol. The Bertz CT molecular complexity index is 477. The Labute approximate surface area is 134 Å². The summed E-state index contributed by atoms with van der Waals surface area (Å²) < 4.78 is 0. The molecule has 2 aliphatic heterocycles. The number of carbonyl (C=O) groups is 1. The first-order valence-electron chi connectivity index (χ1n) is 8.74. The molecule has 0 atom stereocenters. The van der Waals surface area contributed by atoms with Crippen molar-refractivity contribution < 1.29 is 4.79 Å². The number of aromatic nitrogens is 1. The van der Waals surface area contributed by atoms with E-state index in [1.54, 1.807) is 0 Å². The number of nitrogens with zero attached hydrogens (tertiary/aromatic N) is 3. The summed E-state index contributed by atoms with van der Waals surface area (Å²) in [6.45, 7) is 11.2. The topological polar surface area (TPSA) is 36.4 Å². The predicted molar refractivity (Wildman–Crippen MR) is 89.8 cm³/mol. The van der Waals surface area contributed by atoms with Gasteiger partial charge in [-0.05, 0) is 30.9 Å². The van der Waals surface area contributed by atoms with Gasteiger partial charge in [-0.1, -0.05) is 33.3 Å². The van der Waals surface area contributed by atoms with Gasteiger partial charge in [0.15, 0.2) is 0 Å². The van der Waals surface area contributed by atoms with E-state index in [0.29, 0.717) is 5.69 Å². The number of hydrogen-bond donors (Lipinski definition) is 0. The minimum Gasteiger partial charge on any atom is -0.337 e. The molecule has 122 valence electrons. The quantitative estimate of drug-likeness (QED) is 0.857. The fraction of sp³-hybridized carbons (Fsp3) is 0.667. The minimum absolute atomic E-state index is 0.0967. The van der Waals surface area contributed by atoms with Crippen LogP contribution in [0.25, 0.3) is 0 Å². The molecular formula is C18H29N3O. The van der Waals surface area contributed by atoms with Crippen LogP contribution < -0.4 is 0 Å². The number of amides is 1. The highest BCUT2D eigenvalue weighted by atomic mass is 16.2. The number of likely N-dealkylation sites (tertiary alicyclic amines) is 2. The second-order valence-electron chi connectivity index (χ2n) is 5.98. The summed E-state index contributed by atoms with van der Waals surface area (Å²) in [5, 5.41) is 0. The highest BCUT2D eigenvalue weighted by molar-refractivity contribution is 5.92. The van der Waals surface area contributed by atoms with E-state index in [9.17, 15) is 4.79 Å². The molecule has 0 aromatic carbocycles. The molecule has 1 aromatic heterocycles. The summed E-state index contributed by atoms with van der Waals surface area (Å²) in [6, 6.07) is 5.83. The standard InChI is InChI=1S/C16H23N3O.C2H6/c1-2-13-10-18(11-13)12-14-6-5-7-15(17-14)16(20)19-8-3-4-9-19;1-2/h5-7,13H,2-4,8-12H2,1H3;1-2H3. The van der Waals surface area contributed by atoms with E-state index in [4.69, 9.17) is 0 Å². The average Bonchev–Trinajstić information content (AvgIpc) is 3.06. The molecule has 0 N–H and O–H groups in total. The largest absolute Gasteiger partial charge is 0.337 e. The Balaban J connectivity index is 0.000000847. The number of hydrogen-bond acceptors (Lipinski definition) is 3. The maximum atomic E-state index is 12.3. The van der Waals surface area contributed by atoms with Crippen LogP contribution in [0.15, 0.2) is 18.2 Å². The van der Waals surface area contributed by atoms with E-state index in [1.807, 2.05) is 36.9 Å². The van der Waals surface area contributed by atoms with Gasteiger partial charge in [0.1, 0.15) is 5.69 Å². The molecule has 1 amide bonds. The van der Waals surface area contributed by atoms with Gasteiger partial charge in [-0.25, -0.2) is 4.98 Å². The zero-order valence-corrected chi connectivity index (χ0v) is 14.2. The van der Waals surface area contributed by atoms with Crippen molar-refractivity contribution in [3.8, 4) is 0 Å². The maximum Gasteiger partial charge on any atom is 0.272 e. The third-order valence-electron chi connectivity index (χ3n) is 4.41. The van der Waals surface area contributed by atoms with Gasteiger partial charge in [-0.2, -0.15) is 0 Å². The molecule has 2 aliphatic rings. The SMILES string of the molecule is CC.CCC1CN(Cc2cccc(C(=O)N3CCCC3)n2)C1. The fourth-order valence-electron chi connectivity index (χ4n) is 3.06. The van der Waals surface area contributed by atoms with Crippen molar-refractivity contribution in [2.75, 3.05) is 26.2 Å². The Hall–Kier alpha value is -1.42. The highest BCUT2D eigenvalue weighted by Crippen LogP contribution is 2.20. The molecule has 3 heterocycles. The van der Waals surface area contributed by atoms with E-state index in [-0.39, 0.29) is 5.91 Å². The molecular weight excluding hydrogens is 274 g/mol. The van der Waals surface area contributed by atoms with E-state index < -0.39 is 0 Å². The summed E-state index contributed by atoms with van der Waals surface area (Å²) in [7, 11) is 0. The van der Waals surface area contributed by atoms with Crippen LogP contribution in [0.5, 0.6) is 0 Å². The molecule has 4 nitrogen and oxygen atoms in total. The third kappa shape index (κ3) is 4.07. The second kappa shape index (κ2) is 8.28. The Morgan fingerprint density at radius 3 is 2.55 bits per heavy atom. The first kappa shape index (κ1) is 16.9. The van der Waals surface area contributed by atoms with Crippen molar-refractivity contribution in [3.05, 3.63) is 29.6 Å². The molecule has 22 heavy (non-hydrogen) atoms. The summed E-state index contributed by atoms with van der Waals surface area (Å²) in [5.41, 5.74) is 1.63. The summed E-state index contributed by atoms with van der Waals surface area (Å²) in [6.07, 6.45) is 3.51. The first-order chi connectivity index (χ1) is 10.8. The van der Waals surface area contributed by atoms with Crippen LogP contribution in [0.3, 0.4) is 0 Å². The zero-order valence-electron chi connectivity index (χ0n) is 14.2. The molecule has 3 rings (SSSR count). The normalized spacial score (nSPS) is 18.6. The van der Waals surface area contributed by atoms with Crippen molar-refractivity contribution >= 4 is 5.91 Å². The number of carbonyl (C=O) groups excluding carboxylic acids is 1. The predicted octanol–water partition coefficient (Wildman–Crippen LogP) is 3.19. The molecule has 0 bridgehead atoms. The zero-order chi connectivity index (χ0) is 15.9. The molecule has 0 radical (unpaired) electrons. The van der Waals surface area contributed by atoms with Gasteiger partial charge >= 0.3 is 0 Å². The lowest BCUT2D eigenvalue weighted by Gasteiger charge is -2.38. The molecule has 2 saturated heterocycles.